The third kappa shape index (κ3) is 3.00. The molecule has 0 aliphatic carbocycles. The number of sulfonamides is 1. The molecule has 0 atom stereocenters. The minimum atomic E-state index is -3.87. The van der Waals surface area contributed by atoms with Gasteiger partial charge in [-0.15, -0.1) is 0 Å². The fraction of sp³-hybridized carbons (Fsp3) is 0.273. The molecular weight excluding hydrogens is 285 g/mol. The minimum Gasteiger partial charge on any atom is -0.326 e. The van der Waals surface area contributed by atoms with Crippen molar-refractivity contribution in [2.24, 2.45) is 12.8 Å². The molecule has 3 N–H and O–H groups in total. The van der Waals surface area contributed by atoms with E-state index in [1.54, 1.807) is 7.05 Å². The number of halogens is 1. The molecule has 7 nitrogen and oxygen atoms in total. The summed E-state index contributed by atoms with van der Waals surface area (Å²) in [4.78, 5) is 3.73. The molecule has 0 saturated carbocycles. The molecule has 0 fully saturated rings. The highest BCUT2D eigenvalue weighted by Gasteiger charge is 2.20. The van der Waals surface area contributed by atoms with Crippen LogP contribution in [0.1, 0.15) is 11.4 Å². The van der Waals surface area contributed by atoms with Crippen molar-refractivity contribution in [1.82, 2.24) is 19.5 Å². The number of rotatable bonds is 5. The van der Waals surface area contributed by atoms with Crippen LogP contribution in [0.4, 0.5) is 4.39 Å². The SMILES string of the molecule is Cn1cnc(CNS(=O)(=O)c2cccc(F)c2CN)n1. The lowest BCUT2D eigenvalue weighted by Gasteiger charge is -2.10. The van der Waals surface area contributed by atoms with Gasteiger partial charge in [0.05, 0.1) is 11.4 Å². The van der Waals surface area contributed by atoms with Crippen LogP contribution in [0.3, 0.4) is 0 Å². The van der Waals surface area contributed by atoms with Crippen LogP contribution in [0.25, 0.3) is 0 Å². The van der Waals surface area contributed by atoms with Gasteiger partial charge in [-0.25, -0.2) is 22.5 Å². The largest absolute Gasteiger partial charge is 0.326 e. The van der Waals surface area contributed by atoms with Crippen molar-refractivity contribution in [3.63, 3.8) is 0 Å². The number of hydrogen-bond acceptors (Lipinski definition) is 5. The van der Waals surface area contributed by atoms with Crippen molar-refractivity contribution in [3.05, 3.63) is 41.7 Å². The molecule has 0 radical (unpaired) electrons. The van der Waals surface area contributed by atoms with E-state index >= 15 is 0 Å². The normalized spacial score (nSPS) is 11.8. The predicted molar refractivity (Wildman–Crippen MR) is 69.3 cm³/mol. The van der Waals surface area contributed by atoms with Gasteiger partial charge in [0.15, 0.2) is 5.82 Å². The topological polar surface area (TPSA) is 103 Å². The van der Waals surface area contributed by atoms with Gasteiger partial charge in [0.1, 0.15) is 12.1 Å². The van der Waals surface area contributed by atoms with Crippen molar-refractivity contribution < 1.29 is 12.8 Å². The van der Waals surface area contributed by atoms with Crippen LogP contribution >= 0.6 is 0 Å². The number of hydrogen-bond donors (Lipinski definition) is 2. The van der Waals surface area contributed by atoms with Gasteiger partial charge >= 0.3 is 0 Å². The summed E-state index contributed by atoms with van der Waals surface area (Å²) in [5, 5.41) is 3.95. The molecule has 0 saturated heterocycles. The van der Waals surface area contributed by atoms with Gasteiger partial charge < -0.3 is 5.73 Å². The van der Waals surface area contributed by atoms with Crippen LogP contribution < -0.4 is 10.5 Å². The highest BCUT2D eigenvalue weighted by Crippen LogP contribution is 2.18. The Morgan fingerprint density at radius 2 is 2.20 bits per heavy atom. The Morgan fingerprint density at radius 3 is 2.80 bits per heavy atom. The van der Waals surface area contributed by atoms with E-state index in [4.69, 9.17) is 5.73 Å². The van der Waals surface area contributed by atoms with E-state index in [9.17, 15) is 12.8 Å². The predicted octanol–water partition coefficient (Wildman–Crippen LogP) is -0.109. The second-order valence-corrected chi connectivity index (χ2v) is 5.82. The van der Waals surface area contributed by atoms with Crippen molar-refractivity contribution in [2.75, 3.05) is 0 Å². The highest BCUT2D eigenvalue weighted by atomic mass is 32.2. The second-order valence-electron chi connectivity index (χ2n) is 4.08. The quantitative estimate of drug-likeness (QED) is 0.802. The smallest absolute Gasteiger partial charge is 0.241 e. The Labute approximate surface area is 115 Å². The number of benzene rings is 1. The van der Waals surface area contributed by atoms with E-state index in [0.29, 0.717) is 5.82 Å². The maximum absolute atomic E-state index is 13.5. The monoisotopic (exact) mass is 299 g/mol. The maximum atomic E-state index is 13.5. The second kappa shape index (κ2) is 5.65. The molecule has 2 aromatic rings. The van der Waals surface area contributed by atoms with Gasteiger partial charge in [-0.1, -0.05) is 6.07 Å². The number of nitrogens with zero attached hydrogens (tertiary/aromatic N) is 3. The molecule has 0 unspecified atom stereocenters. The average molecular weight is 299 g/mol. The molecule has 0 bridgehead atoms. The lowest BCUT2D eigenvalue weighted by Crippen LogP contribution is -2.26. The van der Waals surface area contributed by atoms with E-state index in [-0.39, 0.29) is 23.5 Å². The number of aryl methyl sites for hydroxylation is 1. The number of aromatic nitrogens is 3. The molecule has 0 aliphatic rings. The Bertz CT molecular complexity index is 713. The van der Waals surface area contributed by atoms with Crippen LogP contribution in [-0.2, 0) is 30.2 Å². The van der Waals surface area contributed by atoms with Crippen molar-refractivity contribution in [2.45, 2.75) is 18.0 Å². The van der Waals surface area contributed by atoms with Crippen LogP contribution in [-0.4, -0.2) is 23.2 Å². The first-order valence-corrected chi connectivity index (χ1v) is 7.24. The summed E-state index contributed by atoms with van der Waals surface area (Å²) in [6.45, 7) is -0.283. The van der Waals surface area contributed by atoms with E-state index in [2.05, 4.69) is 14.8 Å². The van der Waals surface area contributed by atoms with E-state index in [1.807, 2.05) is 0 Å². The molecule has 1 aromatic carbocycles. The summed E-state index contributed by atoms with van der Waals surface area (Å²) in [6, 6.07) is 3.79. The Morgan fingerprint density at radius 1 is 1.45 bits per heavy atom. The molecular formula is C11H14FN5O2S. The Hall–Kier alpha value is -1.84. The fourth-order valence-corrected chi connectivity index (χ4v) is 2.93. The van der Waals surface area contributed by atoms with Crippen LogP contribution in [0.15, 0.2) is 29.4 Å². The molecule has 0 spiro atoms. The molecule has 1 heterocycles. The zero-order chi connectivity index (χ0) is 14.8. The van der Waals surface area contributed by atoms with Crippen molar-refractivity contribution >= 4 is 10.0 Å². The molecule has 108 valence electrons. The number of nitrogens with two attached hydrogens (primary N) is 1. The van der Waals surface area contributed by atoms with Crippen LogP contribution in [0, 0.1) is 5.82 Å². The summed E-state index contributed by atoms with van der Waals surface area (Å²) in [5.74, 6) is -0.326. The molecule has 2 rings (SSSR count). The van der Waals surface area contributed by atoms with E-state index in [1.165, 1.54) is 29.2 Å². The Kier molecular flexibility index (Phi) is 4.12. The molecule has 1 aromatic heterocycles. The third-order valence-corrected chi connectivity index (χ3v) is 4.12. The summed E-state index contributed by atoms with van der Waals surface area (Å²) >= 11 is 0. The lowest BCUT2D eigenvalue weighted by atomic mass is 10.2. The lowest BCUT2D eigenvalue weighted by molar-refractivity contribution is 0.569. The van der Waals surface area contributed by atoms with Crippen LogP contribution in [0.2, 0.25) is 0 Å². The summed E-state index contributed by atoms with van der Waals surface area (Å²) in [6.07, 6.45) is 1.46. The first-order valence-electron chi connectivity index (χ1n) is 5.75. The van der Waals surface area contributed by atoms with Gasteiger partial charge in [-0.05, 0) is 12.1 Å². The highest BCUT2D eigenvalue weighted by molar-refractivity contribution is 7.89. The summed E-state index contributed by atoms with van der Waals surface area (Å²) in [7, 11) is -2.20. The van der Waals surface area contributed by atoms with Gasteiger partial charge in [0.25, 0.3) is 0 Å². The third-order valence-electron chi connectivity index (χ3n) is 2.64. The molecule has 0 amide bonds. The fourth-order valence-electron chi connectivity index (χ4n) is 1.69. The Balaban J connectivity index is 2.24. The van der Waals surface area contributed by atoms with Gasteiger partial charge in [0, 0.05) is 19.2 Å². The van der Waals surface area contributed by atoms with Gasteiger partial charge in [0.2, 0.25) is 10.0 Å². The molecule has 0 aliphatic heterocycles. The molecule has 9 heteroatoms. The summed E-state index contributed by atoms with van der Waals surface area (Å²) in [5.41, 5.74) is 5.35. The van der Waals surface area contributed by atoms with Crippen molar-refractivity contribution in [3.8, 4) is 0 Å². The van der Waals surface area contributed by atoms with E-state index in [0.717, 1.165) is 0 Å². The van der Waals surface area contributed by atoms with Crippen molar-refractivity contribution in [1.29, 1.82) is 0 Å². The zero-order valence-corrected chi connectivity index (χ0v) is 11.6. The standard InChI is InChI=1S/C11H14FN5O2S/c1-17-7-14-11(16-17)6-15-20(18,19)10-4-2-3-9(12)8(10)5-13/h2-4,7,15H,5-6,13H2,1H3. The van der Waals surface area contributed by atoms with Gasteiger partial charge in [-0.3, -0.25) is 4.68 Å². The minimum absolute atomic E-state index is 0.0472. The van der Waals surface area contributed by atoms with Crippen LogP contribution in [0.5, 0.6) is 0 Å². The first kappa shape index (κ1) is 14.6. The molecule has 20 heavy (non-hydrogen) atoms. The number of nitrogens with one attached hydrogen (secondary N) is 1. The van der Waals surface area contributed by atoms with Gasteiger partial charge in [-0.2, -0.15) is 5.10 Å². The summed E-state index contributed by atoms with van der Waals surface area (Å²) < 4.78 is 41.6. The average Bonchev–Trinajstić information content (AvgIpc) is 2.82. The first-order chi connectivity index (χ1) is 9.44. The van der Waals surface area contributed by atoms with E-state index < -0.39 is 15.8 Å². The zero-order valence-electron chi connectivity index (χ0n) is 10.7. The maximum Gasteiger partial charge on any atom is 0.241 e.